The summed E-state index contributed by atoms with van der Waals surface area (Å²) in [6.07, 6.45) is 1.36. The molecule has 0 saturated carbocycles. The summed E-state index contributed by atoms with van der Waals surface area (Å²) < 4.78 is 13.5. The van der Waals surface area contributed by atoms with E-state index in [0.29, 0.717) is 18.1 Å². The van der Waals surface area contributed by atoms with E-state index in [1.165, 1.54) is 17.0 Å². The van der Waals surface area contributed by atoms with Crippen LogP contribution in [-0.2, 0) is 10.3 Å². The number of nitrogens with one attached hydrogen (secondary N) is 2. The number of hydrogen-bond donors (Lipinski definition) is 2. The van der Waals surface area contributed by atoms with Crippen LogP contribution in [0.4, 0.5) is 4.39 Å². The molecule has 2 aliphatic heterocycles. The first-order valence-electron chi connectivity index (χ1n) is 6.92. The van der Waals surface area contributed by atoms with Gasteiger partial charge in [-0.15, -0.1) is 0 Å². The molecule has 0 unspecified atom stereocenters. The van der Waals surface area contributed by atoms with Crippen molar-refractivity contribution in [3.05, 3.63) is 59.4 Å². The van der Waals surface area contributed by atoms with Gasteiger partial charge in [0.25, 0.3) is 5.91 Å². The summed E-state index contributed by atoms with van der Waals surface area (Å²) in [5.41, 5.74) is 1.18. The van der Waals surface area contributed by atoms with Gasteiger partial charge in [-0.1, -0.05) is 18.7 Å². The molecule has 1 aromatic carbocycles. The minimum Gasteiger partial charge on any atom is -0.362 e. The van der Waals surface area contributed by atoms with Gasteiger partial charge in [0.2, 0.25) is 0 Å². The van der Waals surface area contributed by atoms with Gasteiger partial charge in [0, 0.05) is 7.05 Å². The predicted molar refractivity (Wildman–Crippen MR) is 78.2 cm³/mol. The maximum atomic E-state index is 13.5. The van der Waals surface area contributed by atoms with Crippen molar-refractivity contribution in [2.45, 2.75) is 25.3 Å². The van der Waals surface area contributed by atoms with Crippen LogP contribution in [0.3, 0.4) is 0 Å². The summed E-state index contributed by atoms with van der Waals surface area (Å²) in [6.45, 7) is 5.84. The molecule has 0 saturated heterocycles. The summed E-state index contributed by atoms with van der Waals surface area (Å²) in [6, 6.07) is 6.56. The highest BCUT2D eigenvalue weighted by Gasteiger charge is 2.38. The lowest BCUT2D eigenvalue weighted by molar-refractivity contribution is -0.125. The Morgan fingerprint density at radius 3 is 2.90 bits per heavy atom. The van der Waals surface area contributed by atoms with Crippen LogP contribution >= 0.6 is 0 Å². The second kappa shape index (κ2) is 4.62. The molecule has 0 aliphatic carbocycles. The SMILES string of the molecule is C=C1NC2=C(CC[C@](C)(c3cccc(F)c3)N2)C(=O)N1C. The summed E-state index contributed by atoms with van der Waals surface area (Å²) >= 11 is 0. The Hall–Kier alpha value is -2.30. The Morgan fingerprint density at radius 2 is 2.19 bits per heavy atom. The zero-order valence-electron chi connectivity index (χ0n) is 12.2. The molecule has 0 fully saturated rings. The van der Waals surface area contributed by atoms with E-state index < -0.39 is 5.54 Å². The van der Waals surface area contributed by atoms with Gasteiger partial charge in [-0.05, 0) is 37.5 Å². The Bertz CT molecular complexity index is 667. The molecule has 21 heavy (non-hydrogen) atoms. The molecule has 5 heteroatoms. The molecule has 0 radical (unpaired) electrons. The number of benzene rings is 1. The van der Waals surface area contributed by atoms with Gasteiger partial charge >= 0.3 is 0 Å². The van der Waals surface area contributed by atoms with Crippen LogP contribution in [-0.4, -0.2) is 17.9 Å². The zero-order valence-corrected chi connectivity index (χ0v) is 12.2. The van der Waals surface area contributed by atoms with E-state index in [4.69, 9.17) is 0 Å². The van der Waals surface area contributed by atoms with Crippen LogP contribution in [0.25, 0.3) is 0 Å². The fourth-order valence-electron chi connectivity index (χ4n) is 2.84. The number of hydrogen-bond acceptors (Lipinski definition) is 3. The van der Waals surface area contributed by atoms with Crippen LogP contribution in [0.2, 0.25) is 0 Å². The molecule has 2 aliphatic rings. The fraction of sp³-hybridized carbons (Fsp3) is 0.312. The standard InChI is InChI=1S/C16H18FN3O/c1-10-18-14-13(15(21)20(10)3)7-8-16(2,19-14)11-5-4-6-12(17)9-11/h4-6,9,18-19H,1,7-8H2,2-3H3/t16-/m1/s1. The monoisotopic (exact) mass is 287 g/mol. The maximum absolute atomic E-state index is 13.5. The van der Waals surface area contributed by atoms with Crippen molar-refractivity contribution in [2.24, 2.45) is 0 Å². The quantitative estimate of drug-likeness (QED) is 0.832. The van der Waals surface area contributed by atoms with E-state index >= 15 is 0 Å². The number of halogens is 1. The lowest BCUT2D eigenvalue weighted by Gasteiger charge is -2.42. The average molecular weight is 287 g/mol. The lowest BCUT2D eigenvalue weighted by Crippen LogP contribution is -2.52. The van der Waals surface area contributed by atoms with E-state index in [-0.39, 0.29) is 11.7 Å². The van der Waals surface area contributed by atoms with Crippen molar-refractivity contribution in [1.29, 1.82) is 0 Å². The topological polar surface area (TPSA) is 44.4 Å². The number of nitrogens with zero attached hydrogens (tertiary/aromatic N) is 1. The van der Waals surface area contributed by atoms with Gasteiger partial charge < -0.3 is 10.6 Å². The van der Waals surface area contributed by atoms with Gasteiger partial charge in [-0.3, -0.25) is 9.69 Å². The van der Waals surface area contributed by atoms with E-state index in [1.807, 2.05) is 13.0 Å². The van der Waals surface area contributed by atoms with Gasteiger partial charge in [0.05, 0.1) is 11.1 Å². The van der Waals surface area contributed by atoms with Crippen molar-refractivity contribution >= 4 is 5.91 Å². The van der Waals surface area contributed by atoms with Gasteiger partial charge in [0.15, 0.2) is 0 Å². The summed E-state index contributed by atoms with van der Waals surface area (Å²) in [7, 11) is 1.70. The molecular weight excluding hydrogens is 269 g/mol. The molecule has 2 heterocycles. The Balaban J connectivity index is 1.96. The molecule has 1 atom stereocenters. The third-order valence-electron chi connectivity index (χ3n) is 4.28. The van der Waals surface area contributed by atoms with Crippen LogP contribution < -0.4 is 10.6 Å². The normalized spacial score (nSPS) is 25.4. The molecule has 4 nitrogen and oxygen atoms in total. The number of carbonyl (C=O) groups is 1. The second-order valence-corrected chi connectivity index (χ2v) is 5.76. The van der Waals surface area contributed by atoms with E-state index in [2.05, 4.69) is 17.2 Å². The summed E-state index contributed by atoms with van der Waals surface area (Å²) in [5.74, 6) is 0.922. The van der Waals surface area contributed by atoms with Crippen LogP contribution in [0.1, 0.15) is 25.3 Å². The van der Waals surface area contributed by atoms with Crippen molar-refractivity contribution in [2.75, 3.05) is 7.05 Å². The highest BCUT2D eigenvalue weighted by Crippen LogP contribution is 2.35. The third-order valence-corrected chi connectivity index (χ3v) is 4.28. The van der Waals surface area contributed by atoms with Crippen LogP contribution in [0.15, 0.2) is 48.1 Å². The highest BCUT2D eigenvalue weighted by molar-refractivity contribution is 5.96. The first-order valence-corrected chi connectivity index (χ1v) is 6.92. The molecule has 110 valence electrons. The number of amides is 1. The molecule has 3 rings (SSSR count). The van der Waals surface area contributed by atoms with Gasteiger partial charge in [-0.2, -0.15) is 0 Å². The second-order valence-electron chi connectivity index (χ2n) is 5.76. The number of likely N-dealkylation sites (N-methyl/N-ethyl adjacent to an activating group) is 1. The fourth-order valence-corrected chi connectivity index (χ4v) is 2.84. The Morgan fingerprint density at radius 1 is 1.43 bits per heavy atom. The van der Waals surface area contributed by atoms with Crippen LogP contribution in [0, 0.1) is 5.82 Å². The number of carbonyl (C=O) groups excluding carboxylic acids is 1. The average Bonchev–Trinajstić information content (AvgIpc) is 2.45. The summed E-state index contributed by atoms with van der Waals surface area (Å²) in [4.78, 5) is 13.7. The number of rotatable bonds is 1. The minimum atomic E-state index is -0.412. The van der Waals surface area contributed by atoms with E-state index in [0.717, 1.165) is 17.6 Å². The first kappa shape index (κ1) is 13.7. The smallest absolute Gasteiger partial charge is 0.258 e. The maximum Gasteiger partial charge on any atom is 0.258 e. The third kappa shape index (κ3) is 2.18. The highest BCUT2D eigenvalue weighted by atomic mass is 19.1. The molecular formula is C16H18FN3O. The lowest BCUT2D eigenvalue weighted by atomic mass is 9.82. The van der Waals surface area contributed by atoms with Crippen molar-refractivity contribution in [3.63, 3.8) is 0 Å². The van der Waals surface area contributed by atoms with E-state index in [9.17, 15) is 9.18 Å². The first-order chi connectivity index (χ1) is 9.90. The van der Waals surface area contributed by atoms with Gasteiger partial charge in [-0.25, -0.2) is 4.39 Å². The Labute approximate surface area is 123 Å². The van der Waals surface area contributed by atoms with Crippen molar-refractivity contribution in [3.8, 4) is 0 Å². The molecule has 0 bridgehead atoms. The van der Waals surface area contributed by atoms with E-state index in [1.54, 1.807) is 13.1 Å². The largest absolute Gasteiger partial charge is 0.362 e. The molecule has 1 amide bonds. The molecule has 1 aromatic rings. The van der Waals surface area contributed by atoms with Crippen molar-refractivity contribution in [1.82, 2.24) is 15.5 Å². The van der Waals surface area contributed by atoms with Gasteiger partial charge in [0.1, 0.15) is 17.5 Å². The molecule has 0 aromatic heterocycles. The molecule has 2 N–H and O–H groups in total. The minimum absolute atomic E-state index is 0.0393. The predicted octanol–water partition coefficient (Wildman–Crippen LogP) is 2.17. The Kier molecular flexibility index (Phi) is 3.01. The van der Waals surface area contributed by atoms with Crippen LogP contribution in [0.5, 0.6) is 0 Å². The summed E-state index contributed by atoms with van der Waals surface area (Å²) in [5, 5.41) is 6.47. The molecule has 0 spiro atoms. The zero-order chi connectivity index (χ0) is 15.2. The van der Waals surface area contributed by atoms with Crippen molar-refractivity contribution < 1.29 is 9.18 Å².